The highest BCUT2D eigenvalue weighted by Gasteiger charge is 2.35. The van der Waals surface area contributed by atoms with Crippen LogP contribution in [0.2, 0.25) is 5.02 Å². The summed E-state index contributed by atoms with van der Waals surface area (Å²) in [5.41, 5.74) is 0.442. The van der Waals surface area contributed by atoms with Gasteiger partial charge in [-0.3, -0.25) is 9.69 Å². The predicted molar refractivity (Wildman–Crippen MR) is 67.0 cm³/mol. The lowest BCUT2D eigenvalue weighted by Gasteiger charge is -2.23. The minimum atomic E-state index is -0.787. The average Bonchev–Trinajstić information content (AvgIpc) is 2.66. The molecule has 1 saturated heterocycles. The molecule has 0 saturated carbocycles. The van der Waals surface area contributed by atoms with E-state index in [4.69, 9.17) is 16.7 Å². The number of aliphatic carboxylic acids is 1. The van der Waals surface area contributed by atoms with E-state index in [-0.39, 0.29) is 17.8 Å². The first kappa shape index (κ1) is 13.3. The largest absolute Gasteiger partial charge is 0.481 e. The Morgan fingerprint density at radius 3 is 2.89 bits per heavy atom. The molecule has 0 bridgehead atoms. The fraction of sp³-hybridized carbons (Fsp3) is 0.462. The third-order valence-electron chi connectivity index (χ3n) is 3.63. The van der Waals surface area contributed by atoms with Crippen LogP contribution in [0, 0.1) is 11.7 Å². The van der Waals surface area contributed by atoms with Crippen molar-refractivity contribution in [2.75, 3.05) is 6.54 Å². The van der Waals surface area contributed by atoms with Crippen molar-refractivity contribution in [1.82, 2.24) is 4.90 Å². The zero-order chi connectivity index (χ0) is 13.3. The van der Waals surface area contributed by atoms with Gasteiger partial charge in [-0.2, -0.15) is 0 Å². The zero-order valence-electron chi connectivity index (χ0n) is 10.1. The van der Waals surface area contributed by atoms with Crippen molar-refractivity contribution in [2.24, 2.45) is 5.92 Å². The quantitative estimate of drug-likeness (QED) is 0.919. The van der Waals surface area contributed by atoms with Crippen molar-refractivity contribution in [3.8, 4) is 0 Å². The highest BCUT2D eigenvalue weighted by Crippen LogP contribution is 2.28. The van der Waals surface area contributed by atoms with E-state index < -0.39 is 5.97 Å². The molecule has 1 heterocycles. The molecule has 98 valence electrons. The summed E-state index contributed by atoms with van der Waals surface area (Å²) in [6, 6.07) is 4.49. The number of rotatable bonds is 3. The number of hydrogen-bond acceptors (Lipinski definition) is 2. The lowest BCUT2D eigenvalue weighted by Crippen LogP contribution is -2.32. The number of carboxylic acid groups (broad SMARTS) is 1. The van der Waals surface area contributed by atoms with Gasteiger partial charge in [0.05, 0.1) is 5.92 Å². The first-order valence-electron chi connectivity index (χ1n) is 5.90. The molecular weight excluding hydrogens is 257 g/mol. The molecule has 0 spiro atoms. The molecule has 1 aromatic carbocycles. The summed E-state index contributed by atoms with van der Waals surface area (Å²) in [6.07, 6.45) is 0.600. The number of halogens is 2. The number of nitrogens with zero attached hydrogens (tertiary/aromatic N) is 1. The Morgan fingerprint density at radius 1 is 1.61 bits per heavy atom. The molecule has 2 rings (SSSR count). The normalized spacial score (nSPS) is 24.4. The van der Waals surface area contributed by atoms with E-state index in [1.165, 1.54) is 6.07 Å². The van der Waals surface area contributed by atoms with Gasteiger partial charge in [-0.15, -0.1) is 0 Å². The third kappa shape index (κ3) is 2.49. The number of benzene rings is 1. The zero-order valence-corrected chi connectivity index (χ0v) is 10.8. The predicted octanol–water partition coefficient (Wildman–Crippen LogP) is 2.77. The van der Waals surface area contributed by atoms with Crippen molar-refractivity contribution in [1.29, 1.82) is 0 Å². The minimum Gasteiger partial charge on any atom is -0.481 e. The molecule has 1 N–H and O–H groups in total. The Kier molecular flexibility index (Phi) is 3.88. The maximum Gasteiger partial charge on any atom is 0.308 e. The van der Waals surface area contributed by atoms with Crippen LogP contribution in [0.4, 0.5) is 4.39 Å². The molecule has 1 aromatic rings. The summed E-state index contributed by atoms with van der Waals surface area (Å²) in [5, 5.41) is 9.44. The number of likely N-dealkylation sites (tertiary alicyclic amines) is 1. The van der Waals surface area contributed by atoms with Gasteiger partial charge in [0, 0.05) is 23.2 Å². The van der Waals surface area contributed by atoms with Crippen LogP contribution >= 0.6 is 11.6 Å². The number of carbonyl (C=O) groups is 1. The van der Waals surface area contributed by atoms with E-state index in [1.807, 2.05) is 11.8 Å². The number of carboxylic acids is 1. The first-order valence-corrected chi connectivity index (χ1v) is 6.28. The lowest BCUT2D eigenvalue weighted by atomic mass is 10.0. The summed E-state index contributed by atoms with van der Waals surface area (Å²) in [7, 11) is 0. The van der Waals surface area contributed by atoms with Gasteiger partial charge in [0.1, 0.15) is 5.82 Å². The van der Waals surface area contributed by atoms with E-state index in [2.05, 4.69) is 0 Å². The molecule has 5 heteroatoms. The van der Waals surface area contributed by atoms with Gasteiger partial charge < -0.3 is 5.11 Å². The Morgan fingerprint density at radius 2 is 2.33 bits per heavy atom. The second-order valence-electron chi connectivity index (χ2n) is 4.64. The molecular formula is C13H15ClFNO2. The second-order valence-corrected chi connectivity index (χ2v) is 5.05. The molecule has 1 fully saturated rings. The van der Waals surface area contributed by atoms with Gasteiger partial charge in [-0.05, 0) is 32.0 Å². The maximum absolute atomic E-state index is 13.7. The molecule has 1 aliphatic rings. The van der Waals surface area contributed by atoms with Crippen LogP contribution in [0.3, 0.4) is 0 Å². The molecule has 3 nitrogen and oxygen atoms in total. The molecule has 0 amide bonds. The summed E-state index contributed by atoms with van der Waals surface area (Å²) in [5.74, 6) is -1.51. The van der Waals surface area contributed by atoms with Crippen LogP contribution in [-0.4, -0.2) is 28.6 Å². The Balaban J connectivity index is 2.14. The van der Waals surface area contributed by atoms with Crippen LogP contribution in [0.15, 0.2) is 18.2 Å². The van der Waals surface area contributed by atoms with Gasteiger partial charge >= 0.3 is 5.97 Å². The van der Waals surface area contributed by atoms with Crippen LogP contribution in [0.25, 0.3) is 0 Å². The van der Waals surface area contributed by atoms with Gasteiger partial charge in [0.25, 0.3) is 0 Å². The topological polar surface area (TPSA) is 40.5 Å². The summed E-state index contributed by atoms with van der Waals surface area (Å²) >= 11 is 5.97. The van der Waals surface area contributed by atoms with Gasteiger partial charge in [-0.1, -0.05) is 17.7 Å². The summed E-state index contributed by atoms with van der Waals surface area (Å²) in [4.78, 5) is 13.0. The molecule has 2 unspecified atom stereocenters. The van der Waals surface area contributed by atoms with Crippen molar-refractivity contribution in [2.45, 2.75) is 25.9 Å². The first-order chi connectivity index (χ1) is 8.50. The smallest absolute Gasteiger partial charge is 0.308 e. The van der Waals surface area contributed by atoms with Crippen molar-refractivity contribution in [3.63, 3.8) is 0 Å². The Hall–Kier alpha value is -1.13. The summed E-state index contributed by atoms with van der Waals surface area (Å²) < 4.78 is 13.7. The van der Waals surface area contributed by atoms with Crippen LogP contribution < -0.4 is 0 Å². The SMILES string of the molecule is CC1C(C(=O)O)CCN1Cc1c(F)cccc1Cl. The lowest BCUT2D eigenvalue weighted by molar-refractivity contribution is -0.142. The molecule has 0 aromatic heterocycles. The average molecular weight is 272 g/mol. The monoisotopic (exact) mass is 271 g/mol. The fourth-order valence-electron chi connectivity index (χ4n) is 2.44. The van der Waals surface area contributed by atoms with E-state index >= 15 is 0 Å². The minimum absolute atomic E-state index is 0.0989. The molecule has 1 aliphatic heterocycles. The maximum atomic E-state index is 13.7. The highest BCUT2D eigenvalue weighted by molar-refractivity contribution is 6.31. The van der Waals surface area contributed by atoms with Crippen molar-refractivity contribution < 1.29 is 14.3 Å². The highest BCUT2D eigenvalue weighted by atomic mass is 35.5. The van der Waals surface area contributed by atoms with Crippen LogP contribution in [-0.2, 0) is 11.3 Å². The molecule has 18 heavy (non-hydrogen) atoms. The number of hydrogen-bond donors (Lipinski definition) is 1. The Labute approximate surface area is 110 Å². The van der Waals surface area contributed by atoms with Crippen LogP contribution in [0.1, 0.15) is 18.9 Å². The van der Waals surface area contributed by atoms with Gasteiger partial charge in [0.15, 0.2) is 0 Å². The Bertz CT molecular complexity index is 446. The van der Waals surface area contributed by atoms with Crippen LogP contribution in [0.5, 0.6) is 0 Å². The third-order valence-corrected chi connectivity index (χ3v) is 3.98. The van der Waals surface area contributed by atoms with Gasteiger partial charge in [-0.25, -0.2) is 4.39 Å². The van der Waals surface area contributed by atoms with Crippen molar-refractivity contribution in [3.05, 3.63) is 34.6 Å². The van der Waals surface area contributed by atoms with Crippen molar-refractivity contribution >= 4 is 17.6 Å². The molecule has 2 atom stereocenters. The molecule has 0 radical (unpaired) electrons. The molecule has 0 aliphatic carbocycles. The van der Waals surface area contributed by atoms with E-state index in [0.29, 0.717) is 30.1 Å². The van der Waals surface area contributed by atoms with E-state index in [0.717, 1.165) is 0 Å². The van der Waals surface area contributed by atoms with E-state index in [1.54, 1.807) is 12.1 Å². The standard InChI is InChI=1S/C13H15ClFNO2/c1-8-9(13(17)18)5-6-16(8)7-10-11(14)3-2-4-12(10)15/h2-4,8-9H,5-7H2,1H3,(H,17,18). The fourth-order valence-corrected chi connectivity index (χ4v) is 2.67. The second kappa shape index (κ2) is 5.24. The van der Waals surface area contributed by atoms with Gasteiger partial charge in [0.2, 0.25) is 0 Å². The summed E-state index contributed by atoms with van der Waals surface area (Å²) in [6.45, 7) is 2.87. The van der Waals surface area contributed by atoms with E-state index in [9.17, 15) is 9.18 Å².